The fourth-order valence-corrected chi connectivity index (χ4v) is 3.01. The molecule has 2 aromatic heterocycles. The lowest BCUT2D eigenvalue weighted by Crippen LogP contribution is -2.10. The predicted octanol–water partition coefficient (Wildman–Crippen LogP) is 4.94. The molecule has 2 aromatic rings. The van der Waals surface area contributed by atoms with Crippen LogP contribution in [0.1, 0.15) is 37.3 Å². The third-order valence-corrected chi connectivity index (χ3v) is 4.45. The zero-order valence-electron chi connectivity index (χ0n) is 12.0. The first-order valence-electron chi connectivity index (χ1n) is 6.51. The Balaban J connectivity index is 2.41. The molecule has 0 aromatic carbocycles. The van der Waals surface area contributed by atoms with Gasteiger partial charge in [0.25, 0.3) is 0 Å². The van der Waals surface area contributed by atoms with Crippen LogP contribution in [0.5, 0.6) is 0 Å². The van der Waals surface area contributed by atoms with Crippen LogP contribution in [-0.4, -0.2) is 9.78 Å². The second-order valence-corrected chi connectivity index (χ2v) is 6.13. The first-order valence-corrected chi connectivity index (χ1v) is 7.33. The normalized spacial score (nSPS) is 12.8. The maximum absolute atomic E-state index is 13.8. The number of aromatic nitrogens is 2. The average Bonchev–Trinajstić information content (AvgIpc) is 2.94. The minimum absolute atomic E-state index is 0.215. The summed E-state index contributed by atoms with van der Waals surface area (Å²) in [5.41, 5.74) is 0.508. The molecule has 2 nitrogen and oxygen atoms in total. The number of halogens is 2. The van der Waals surface area contributed by atoms with Gasteiger partial charge in [-0.05, 0) is 37.1 Å². The van der Waals surface area contributed by atoms with Gasteiger partial charge in [0, 0.05) is 11.9 Å². The topological polar surface area (TPSA) is 17.8 Å². The standard InChI is InChI=1S/C15H18F2N2S/c1-5-8-15(16,17)14-9-11(19(4)18-14)13-7-6-12(20-13)10(2)3/h5-10H,1-4H3. The lowest BCUT2D eigenvalue weighted by atomic mass is 10.2. The van der Waals surface area contributed by atoms with E-state index < -0.39 is 5.92 Å². The highest BCUT2D eigenvalue weighted by molar-refractivity contribution is 7.15. The molecule has 0 bridgehead atoms. The van der Waals surface area contributed by atoms with Crippen molar-refractivity contribution in [2.24, 2.45) is 7.05 Å². The van der Waals surface area contributed by atoms with Crippen LogP contribution < -0.4 is 0 Å². The zero-order valence-corrected chi connectivity index (χ0v) is 12.8. The van der Waals surface area contributed by atoms with Crippen LogP contribution >= 0.6 is 11.3 Å². The fourth-order valence-electron chi connectivity index (χ4n) is 1.96. The molecule has 2 heterocycles. The highest BCUT2D eigenvalue weighted by atomic mass is 32.1. The number of thiophene rings is 1. The average molecular weight is 296 g/mol. The van der Waals surface area contributed by atoms with Crippen molar-refractivity contribution in [1.29, 1.82) is 0 Å². The summed E-state index contributed by atoms with van der Waals surface area (Å²) in [6.07, 6.45) is 2.21. The highest BCUT2D eigenvalue weighted by Gasteiger charge is 2.32. The minimum Gasteiger partial charge on any atom is -0.267 e. The number of rotatable bonds is 4. The molecule has 0 aliphatic heterocycles. The quantitative estimate of drug-likeness (QED) is 0.731. The van der Waals surface area contributed by atoms with Crippen LogP contribution in [0.3, 0.4) is 0 Å². The van der Waals surface area contributed by atoms with Gasteiger partial charge < -0.3 is 0 Å². The Bertz CT molecular complexity index is 624. The Morgan fingerprint density at radius 1 is 1.35 bits per heavy atom. The van der Waals surface area contributed by atoms with E-state index in [4.69, 9.17) is 0 Å². The predicted molar refractivity (Wildman–Crippen MR) is 79.3 cm³/mol. The molecule has 0 atom stereocenters. The fraction of sp³-hybridized carbons (Fsp3) is 0.400. The zero-order chi connectivity index (χ0) is 14.9. The number of allylic oxidation sites excluding steroid dienone is 2. The van der Waals surface area contributed by atoms with Gasteiger partial charge in [-0.2, -0.15) is 13.9 Å². The maximum atomic E-state index is 13.8. The van der Waals surface area contributed by atoms with Crippen molar-refractivity contribution in [3.8, 4) is 10.6 Å². The van der Waals surface area contributed by atoms with Gasteiger partial charge in [-0.15, -0.1) is 11.3 Å². The summed E-state index contributed by atoms with van der Waals surface area (Å²) in [5.74, 6) is -2.59. The van der Waals surface area contributed by atoms with Crippen molar-refractivity contribution in [2.75, 3.05) is 0 Å². The van der Waals surface area contributed by atoms with Crippen molar-refractivity contribution in [2.45, 2.75) is 32.6 Å². The van der Waals surface area contributed by atoms with E-state index in [-0.39, 0.29) is 5.69 Å². The molecule has 0 N–H and O–H groups in total. The van der Waals surface area contributed by atoms with Crippen molar-refractivity contribution in [3.05, 3.63) is 40.9 Å². The summed E-state index contributed by atoms with van der Waals surface area (Å²) in [6, 6.07) is 5.48. The van der Waals surface area contributed by atoms with E-state index in [1.54, 1.807) is 25.3 Å². The molecule has 0 saturated heterocycles. The number of hydrogen-bond acceptors (Lipinski definition) is 2. The summed E-state index contributed by atoms with van der Waals surface area (Å²) >= 11 is 1.62. The van der Waals surface area contributed by atoms with E-state index in [1.165, 1.54) is 21.7 Å². The largest absolute Gasteiger partial charge is 0.309 e. The second-order valence-electron chi connectivity index (χ2n) is 5.02. The molecule has 0 saturated carbocycles. The van der Waals surface area contributed by atoms with Gasteiger partial charge in [-0.25, -0.2) is 0 Å². The smallest absolute Gasteiger partial charge is 0.267 e. The molecular weight excluding hydrogens is 278 g/mol. The SMILES string of the molecule is CC=CC(F)(F)c1cc(-c2ccc(C(C)C)s2)n(C)n1. The molecule has 0 aliphatic rings. The molecule has 108 valence electrons. The molecule has 0 unspecified atom stereocenters. The Labute approximate surface area is 121 Å². The summed E-state index contributed by atoms with van der Waals surface area (Å²) in [7, 11) is 1.69. The minimum atomic E-state index is -3.02. The Kier molecular flexibility index (Phi) is 4.09. The van der Waals surface area contributed by atoms with Gasteiger partial charge in [0.05, 0.1) is 10.6 Å². The number of alkyl halides is 2. The molecule has 2 rings (SSSR count). The van der Waals surface area contributed by atoms with Crippen molar-refractivity contribution in [1.82, 2.24) is 9.78 Å². The Morgan fingerprint density at radius 3 is 2.60 bits per heavy atom. The maximum Gasteiger partial charge on any atom is 0.309 e. The third kappa shape index (κ3) is 2.82. The van der Waals surface area contributed by atoms with E-state index in [2.05, 4.69) is 18.9 Å². The molecule has 0 amide bonds. The van der Waals surface area contributed by atoms with Crippen molar-refractivity contribution in [3.63, 3.8) is 0 Å². The Morgan fingerprint density at radius 2 is 2.05 bits per heavy atom. The van der Waals surface area contributed by atoms with Gasteiger partial charge in [-0.1, -0.05) is 19.9 Å². The van der Waals surface area contributed by atoms with Gasteiger partial charge in [0.2, 0.25) is 0 Å². The van der Waals surface area contributed by atoms with Crippen LogP contribution in [-0.2, 0) is 13.0 Å². The lowest BCUT2D eigenvalue weighted by molar-refractivity contribution is 0.0464. The number of aryl methyl sites for hydroxylation is 1. The van der Waals surface area contributed by atoms with Crippen LogP contribution in [0.4, 0.5) is 8.78 Å². The summed E-state index contributed by atoms with van der Waals surface area (Å²) in [6.45, 7) is 5.81. The molecule has 0 aliphatic carbocycles. The first kappa shape index (κ1) is 14.9. The van der Waals surface area contributed by atoms with E-state index >= 15 is 0 Å². The third-order valence-electron chi connectivity index (χ3n) is 3.05. The Hall–Kier alpha value is -1.49. The number of hydrogen-bond donors (Lipinski definition) is 0. The molecular formula is C15H18F2N2S. The van der Waals surface area contributed by atoms with Gasteiger partial charge in [0.15, 0.2) is 0 Å². The van der Waals surface area contributed by atoms with Crippen molar-refractivity contribution >= 4 is 11.3 Å². The molecule has 5 heteroatoms. The van der Waals surface area contributed by atoms with Crippen LogP contribution in [0.15, 0.2) is 30.4 Å². The summed E-state index contributed by atoms with van der Waals surface area (Å²) in [5, 5.41) is 3.95. The van der Waals surface area contributed by atoms with Gasteiger partial charge in [0.1, 0.15) is 5.69 Å². The molecule has 0 radical (unpaired) electrons. The molecule has 0 spiro atoms. The van der Waals surface area contributed by atoms with Crippen molar-refractivity contribution < 1.29 is 8.78 Å². The highest BCUT2D eigenvalue weighted by Crippen LogP contribution is 2.35. The van der Waals surface area contributed by atoms with Crippen LogP contribution in [0.2, 0.25) is 0 Å². The lowest BCUT2D eigenvalue weighted by Gasteiger charge is -2.06. The first-order chi connectivity index (χ1) is 9.35. The van der Waals surface area contributed by atoms with E-state index in [0.717, 1.165) is 16.6 Å². The van der Waals surface area contributed by atoms with Gasteiger partial charge in [-0.3, -0.25) is 4.68 Å². The van der Waals surface area contributed by atoms with Gasteiger partial charge >= 0.3 is 5.92 Å². The van der Waals surface area contributed by atoms with E-state index in [9.17, 15) is 8.78 Å². The second kappa shape index (κ2) is 5.48. The summed E-state index contributed by atoms with van der Waals surface area (Å²) < 4.78 is 29.2. The van der Waals surface area contributed by atoms with Crippen LogP contribution in [0, 0.1) is 0 Å². The molecule has 0 fully saturated rings. The van der Waals surface area contributed by atoms with Crippen LogP contribution in [0.25, 0.3) is 10.6 Å². The summed E-state index contributed by atoms with van der Waals surface area (Å²) in [4.78, 5) is 2.20. The van der Waals surface area contributed by atoms with E-state index in [1.807, 2.05) is 12.1 Å². The monoisotopic (exact) mass is 296 g/mol. The van der Waals surface area contributed by atoms with E-state index in [0.29, 0.717) is 5.92 Å². The number of nitrogens with zero attached hydrogens (tertiary/aromatic N) is 2. The molecule has 20 heavy (non-hydrogen) atoms.